The largest absolute Gasteiger partial charge is 0.494 e. The molecule has 0 bridgehead atoms. The number of hydrogen-bond acceptors (Lipinski definition) is 3. The lowest BCUT2D eigenvalue weighted by Crippen LogP contribution is -2.37. The lowest BCUT2D eigenvalue weighted by Gasteiger charge is -2.11. The van der Waals surface area contributed by atoms with Gasteiger partial charge in [0.1, 0.15) is 11.6 Å². The topological polar surface area (TPSA) is 45.7 Å². The van der Waals surface area contributed by atoms with E-state index in [1.165, 1.54) is 17.7 Å². The fourth-order valence-corrected chi connectivity index (χ4v) is 2.62. The zero-order valence-electron chi connectivity index (χ0n) is 13.2. The maximum Gasteiger partial charge on any atom is 0.191 e. The van der Waals surface area contributed by atoms with Gasteiger partial charge in [-0.05, 0) is 59.5 Å². The molecule has 124 valence electrons. The molecule has 0 spiro atoms. The molecule has 0 amide bonds. The molecule has 2 N–H and O–H groups in total. The smallest absolute Gasteiger partial charge is 0.191 e. The summed E-state index contributed by atoms with van der Waals surface area (Å²) >= 11 is 1.69. The SMILES string of the molecule is CN=C(NCCCCOc1ccc(F)cc1)NCc1ccsc1. The van der Waals surface area contributed by atoms with E-state index in [1.54, 1.807) is 30.5 Å². The lowest BCUT2D eigenvalue weighted by atomic mass is 10.3. The molecule has 23 heavy (non-hydrogen) atoms. The van der Waals surface area contributed by atoms with E-state index < -0.39 is 0 Å². The number of rotatable bonds is 8. The van der Waals surface area contributed by atoms with Gasteiger partial charge in [0, 0.05) is 20.1 Å². The number of guanidine groups is 1. The third kappa shape index (κ3) is 6.69. The van der Waals surface area contributed by atoms with Crippen molar-refractivity contribution in [3.8, 4) is 5.75 Å². The Balaban J connectivity index is 1.54. The highest BCUT2D eigenvalue weighted by atomic mass is 32.1. The molecule has 0 aliphatic rings. The van der Waals surface area contributed by atoms with Gasteiger partial charge in [0.05, 0.1) is 6.61 Å². The van der Waals surface area contributed by atoms with Crippen molar-refractivity contribution in [1.82, 2.24) is 10.6 Å². The Morgan fingerprint density at radius 2 is 2.00 bits per heavy atom. The van der Waals surface area contributed by atoms with Gasteiger partial charge in [-0.15, -0.1) is 0 Å². The number of halogens is 1. The van der Waals surface area contributed by atoms with Crippen molar-refractivity contribution in [3.05, 3.63) is 52.5 Å². The summed E-state index contributed by atoms with van der Waals surface area (Å²) in [5.74, 6) is 1.26. The molecule has 2 rings (SSSR count). The van der Waals surface area contributed by atoms with Crippen molar-refractivity contribution >= 4 is 17.3 Å². The lowest BCUT2D eigenvalue weighted by molar-refractivity contribution is 0.306. The van der Waals surface area contributed by atoms with Crippen LogP contribution in [0.2, 0.25) is 0 Å². The number of nitrogens with zero attached hydrogens (tertiary/aromatic N) is 1. The van der Waals surface area contributed by atoms with Crippen molar-refractivity contribution in [2.45, 2.75) is 19.4 Å². The molecule has 4 nitrogen and oxygen atoms in total. The van der Waals surface area contributed by atoms with E-state index in [0.29, 0.717) is 12.4 Å². The third-order valence-electron chi connectivity index (χ3n) is 3.21. The van der Waals surface area contributed by atoms with Crippen LogP contribution in [0.5, 0.6) is 5.75 Å². The monoisotopic (exact) mass is 335 g/mol. The van der Waals surface area contributed by atoms with Crippen LogP contribution in [-0.4, -0.2) is 26.2 Å². The first-order valence-corrected chi connectivity index (χ1v) is 8.56. The molecule has 2 aromatic rings. The molecule has 0 radical (unpaired) electrons. The highest BCUT2D eigenvalue weighted by Crippen LogP contribution is 2.11. The number of thiophene rings is 1. The Labute approximate surface area is 140 Å². The van der Waals surface area contributed by atoms with Gasteiger partial charge in [-0.2, -0.15) is 11.3 Å². The Morgan fingerprint density at radius 3 is 2.70 bits per heavy atom. The van der Waals surface area contributed by atoms with Crippen molar-refractivity contribution in [2.75, 3.05) is 20.2 Å². The van der Waals surface area contributed by atoms with Gasteiger partial charge in [-0.25, -0.2) is 4.39 Å². The minimum atomic E-state index is -0.247. The molecule has 0 unspecified atom stereocenters. The normalized spacial score (nSPS) is 11.3. The van der Waals surface area contributed by atoms with Crippen LogP contribution in [0.3, 0.4) is 0 Å². The molecule has 0 aliphatic heterocycles. The number of unbranched alkanes of at least 4 members (excludes halogenated alkanes) is 1. The van der Waals surface area contributed by atoms with E-state index >= 15 is 0 Å². The molecule has 0 saturated heterocycles. The van der Waals surface area contributed by atoms with Crippen molar-refractivity contribution in [2.24, 2.45) is 4.99 Å². The van der Waals surface area contributed by atoms with E-state index in [2.05, 4.69) is 32.5 Å². The zero-order valence-corrected chi connectivity index (χ0v) is 14.0. The van der Waals surface area contributed by atoms with Gasteiger partial charge < -0.3 is 15.4 Å². The second kappa shape index (κ2) is 9.84. The Hall–Kier alpha value is -2.08. The van der Waals surface area contributed by atoms with Crippen LogP contribution in [-0.2, 0) is 6.54 Å². The Kier molecular flexibility index (Phi) is 7.39. The van der Waals surface area contributed by atoms with E-state index in [0.717, 1.165) is 31.9 Å². The van der Waals surface area contributed by atoms with Gasteiger partial charge in [-0.1, -0.05) is 0 Å². The van der Waals surface area contributed by atoms with Crippen LogP contribution in [0.15, 0.2) is 46.1 Å². The summed E-state index contributed by atoms with van der Waals surface area (Å²) in [6.07, 6.45) is 1.90. The first kappa shape index (κ1) is 17.3. The Morgan fingerprint density at radius 1 is 1.17 bits per heavy atom. The summed E-state index contributed by atoms with van der Waals surface area (Å²) in [6, 6.07) is 8.19. The van der Waals surface area contributed by atoms with E-state index in [1.807, 2.05) is 0 Å². The predicted octanol–water partition coefficient (Wildman–Crippen LogP) is 3.41. The van der Waals surface area contributed by atoms with E-state index in [9.17, 15) is 4.39 Å². The quantitative estimate of drug-likeness (QED) is 0.441. The van der Waals surface area contributed by atoms with Gasteiger partial charge in [-0.3, -0.25) is 4.99 Å². The average molecular weight is 335 g/mol. The number of nitrogens with one attached hydrogen (secondary N) is 2. The second-order valence-corrected chi connectivity index (χ2v) is 5.77. The number of aliphatic imine (C=N–C) groups is 1. The maximum atomic E-state index is 12.8. The van der Waals surface area contributed by atoms with Crippen LogP contribution in [0.25, 0.3) is 0 Å². The fraction of sp³-hybridized carbons (Fsp3) is 0.353. The molecule has 0 fully saturated rings. The molecular formula is C17H22FN3OS. The zero-order chi connectivity index (χ0) is 16.3. The average Bonchev–Trinajstić information content (AvgIpc) is 3.08. The minimum Gasteiger partial charge on any atom is -0.494 e. The number of ether oxygens (including phenoxy) is 1. The molecule has 0 aliphatic carbocycles. The second-order valence-electron chi connectivity index (χ2n) is 4.99. The molecule has 0 atom stereocenters. The molecule has 1 aromatic heterocycles. The maximum absolute atomic E-state index is 12.8. The summed E-state index contributed by atoms with van der Waals surface area (Å²) in [7, 11) is 1.76. The Bertz CT molecular complexity index is 584. The van der Waals surface area contributed by atoms with Crippen LogP contribution < -0.4 is 15.4 Å². The van der Waals surface area contributed by atoms with Gasteiger partial charge in [0.15, 0.2) is 5.96 Å². The molecular weight excluding hydrogens is 313 g/mol. The van der Waals surface area contributed by atoms with Crippen LogP contribution >= 0.6 is 11.3 Å². The highest BCUT2D eigenvalue weighted by molar-refractivity contribution is 7.07. The van der Waals surface area contributed by atoms with Crippen LogP contribution in [0.4, 0.5) is 4.39 Å². The highest BCUT2D eigenvalue weighted by Gasteiger charge is 1.99. The molecule has 1 heterocycles. The summed E-state index contributed by atoms with van der Waals surface area (Å²) in [6.45, 7) is 2.22. The van der Waals surface area contributed by atoms with Crippen molar-refractivity contribution in [1.29, 1.82) is 0 Å². The number of hydrogen-bond donors (Lipinski definition) is 2. The van der Waals surface area contributed by atoms with Gasteiger partial charge in [0.25, 0.3) is 0 Å². The fourth-order valence-electron chi connectivity index (χ4n) is 1.95. The summed E-state index contributed by atoms with van der Waals surface area (Å²) in [5.41, 5.74) is 1.26. The first-order valence-electron chi connectivity index (χ1n) is 7.62. The van der Waals surface area contributed by atoms with Gasteiger partial charge in [0.2, 0.25) is 0 Å². The third-order valence-corrected chi connectivity index (χ3v) is 3.94. The van der Waals surface area contributed by atoms with Crippen LogP contribution in [0, 0.1) is 5.82 Å². The van der Waals surface area contributed by atoms with Gasteiger partial charge >= 0.3 is 0 Å². The number of benzene rings is 1. The molecule has 0 saturated carbocycles. The minimum absolute atomic E-state index is 0.247. The summed E-state index contributed by atoms with van der Waals surface area (Å²) < 4.78 is 18.3. The molecule has 1 aromatic carbocycles. The van der Waals surface area contributed by atoms with Crippen LogP contribution in [0.1, 0.15) is 18.4 Å². The summed E-state index contributed by atoms with van der Waals surface area (Å²) in [4.78, 5) is 4.19. The first-order chi connectivity index (χ1) is 11.3. The molecule has 6 heteroatoms. The standard InChI is InChI=1S/C17H22FN3OS/c1-19-17(21-12-14-8-11-23-13-14)20-9-2-3-10-22-16-6-4-15(18)5-7-16/h4-8,11,13H,2-3,9-10,12H2,1H3,(H2,19,20,21). The van der Waals surface area contributed by atoms with Crippen molar-refractivity contribution < 1.29 is 9.13 Å². The summed E-state index contributed by atoms with van der Waals surface area (Å²) in [5, 5.41) is 10.7. The predicted molar refractivity (Wildman–Crippen MR) is 93.6 cm³/mol. The van der Waals surface area contributed by atoms with E-state index in [4.69, 9.17) is 4.74 Å². The van der Waals surface area contributed by atoms with Crippen molar-refractivity contribution in [3.63, 3.8) is 0 Å². The van der Waals surface area contributed by atoms with E-state index in [-0.39, 0.29) is 5.82 Å².